The molecule has 1 amide bonds. The molecule has 0 unspecified atom stereocenters. The largest absolute Gasteiger partial charge is 0.484 e. The molecule has 1 fully saturated rings. The number of likely N-dealkylation sites (N-methyl/N-ethyl adjacent to an activating group) is 1. The minimum atomic E-state index is -0.101. The number of quaternary nitrogens is 1. The molecule has 1 aliphatic heterocycles. The molecule has 1 aliphatic rings. The number of rotatable bonds is 8. The molecule has 0 saturated carbocycles. The van der Waals surface area contributed by atoms with Gasteiger partial charge in [-0.15, -0.1) is 23.5 Å². The minimum Gasteiger partial charge on any atom is -0.484 e. The van der Waals surface area contributed by atoms with Gasteiger partial charge in [-0.2, -0.15) is 0 Å². The van der Waals surface area contributed by atoms with Gasteiger partial charge in [-0.25, -0.2) is 0 Å². The fraction of sp³-hybridized carbons (Fsp3) is 0.381. The van der Waals surface area contributed by atoms with Crippen LogP contribution in [0, 0.1) is 0 Å². The number of nitrogens with one attached hydrogen (secondary N) is 2. The molecule has 1 heterocycles. The van der Waals surface area contributed by atoms with Crippen LogP contribution in [-0.4, -0.2) is 44.7 Å². The van der Waals surface area contributed by atoms with Gasteiger partial charge in [-0.3, -0.25) is 4.79 Å². The highest BCUT2D eigenvalue weighted by Gasteiger charge is 2.19. The van der Waals surface area contributed by atoms with E-state index >= 15 is 0 Å². The number of thioether (sulfide) groups is 2. The van der Waals surface area contributed by atoms with Crippen LogP contribution >= 0.6 is 23.5 Å². The van der Waals surface area contributed by atoms with Gasteiger partial charge in [0, 0.05) is 11.5 Å². The third kappa shape index (κ3) is 6.19. The van der Waals surface area contributed by atoms with Gasteiger partial charge in [-0.05, 0) is 23.3 Å². The monoisotopic (exact) mass is 403 g/mol. The standard InChI is InChI=1S/C21H26N2O2S2/c1-23(2)14-19(16-6-4-3-5-7-16)22-20(24)15-25-18-10-8-17(9-11-18)21-26-12-13-27-21/h3-11,19,21H,12-15H2,1-2H3,(H,22,24)/p+1/t19-/m0/s1. The number of carbonyl (C=O) groups is 1. The zero-order valence-corrected chi connectivity index (χ0v) is 17.4. The SMILES string of the molecule is C[NH+](C)C[C@H](NC(=O)COc1ccc(C2SCCS2)cc1)c1ccccc1. The van der Waals surface area contributed by atoms with Gasteiger partial charge < -0.3 is 15.0 Å². The van der Waals surface area contributed by atoms with Crippen molar-refractivity contribution in [2.24, 2.45) is 0 Å². The summed E-state index contributed by atoms with van der Waals surface area (Å²) in [6.45, 7) is 0.847. The normalized spacial score (nSPS) is 15.7. The minimum absolute atomic E-state index is 0.0221. The number of ether oxygens (including phenoxy) is 1. The third-order valence-electron chi connectivity index (χ3n) is 4.29. The van der Waals surface area contributed by atoms with E-state index in [-0.39, 0.29) is 18.6 Å². The fourth-order valence-electron chi connectivity index (χ4n) is 3.00. The Labute approximate surface area is 170 Å². The van der Waals surface area contributed by atoms with Crippen molar-refractivity contribution < 1.29 is 14.4 Å². The van der Waals surface area contributed by atoms with E-state index in [0.717, 1.165) is 17.9 Å². The Morgan fingerprint density at radius 2 is 1.78 bits per heavy atom. The second-order valence-electron chi connectivity index (χ2n) is 6.87. The summed E-state index contributed by atoms with van der Waals surface area (Å²) in [5.41, 5.74) is 2.43. The van der Waals surface area contributed by atoms with Gasteiger partial charge in [0.25, 0.3) is 5.91 Å². The Kier molecular flexibility index (Phi) is 7.50. The predicted octanol–water partition coefficient (Wildman–Crippen LogP) is 2.55. The second kappa shape index (κ2) is 10.1. The number of benzene rings is 2. The van der Waals surface area contributed by atoms with Crippen molar-refractivity contribution in [2.75, 3.05) is 38.8 Å². The summed E-state index contributed by atoms with van der Waals surface area (Å²) in [5, 5.41) is 3.10. The molecule has 1 saturated heterocycles. The summed E-state index contributed by atoms with van der Waals surface area (Å²) in [7, 11) is 4.17. The van der Waals surface area contributed by atoms with Gasteiger partial charge in [0.2, 0.25) is 0 Å². The second-order valence-corrected chi connectivity index (χ2v) is 9.60. The molecule has 0 spiro atoms. The van der Waals surface area contributed by atoms with Crippen LogP contribution in [0.2, 0.25) is 0 Å². The van der Waals surface area contributed by atoms with E-state index in [2.05, 4.69) is 31.5 Å². The molecular formula is C21H27N2O2S2+. The summed E-state index contributed by atoms with van der Waals surface area (Å²) in [6, 6.07) is 18.2. The third-order valence-corrected chi connectivity index (χ3v) is 7.40. The summed E-state index contributed by atoms with van der Waals surface area (Å²) in [6.07, 6.45) is 0. The van der Waals surface area contributed by atoms with Crippen LogP contribution in [-0.2, 0) is 4.79 Å². The van der Waals surface area contributed by atoms with Crippen molar-refractivity contribution in [3.8, 4) is 5.75 Å². The van der Waals surface area contributed by atoms with Crippen molar-refractivity contribution in [1.82, 2.24) is 5.32 Å². The molecule has 144 valence electrons. The predicted molar refractivity (Wildman–Crippen MR) is 115 cm³/mol. The molecule has 4 nitrogen and oxygen atoms in total. The van der Waals surface area contributed by atoms with E-state index in [1.165, 1.54) is 22.0 Å². The van der Waals surface area contributed by atoms with Crippen molar-refractivity contribution in [3.63, 3.8) is 0 Å². The smallest absolute Gasteiger partial charge is 0.258 e. The number of carbonyl (C=O) groups excluding carboxylic acids is 1. The maximum atomic E-state index is 12.4. The highest BCUT2D eigenvalue weighted by Crippen LogP contribution is 2.45. The molecule has 0 radical (unpaired) electrons. The van der Waals surface area contributed by atoms with E-state index in [1.54, 1.807) is 0 Å². The molecule has 1 atom stereocenters. The van der Waals surface area contributed by atoms with Crippen LogP contribution in [0.4, 0.5) is 0 Å². The van der Waals surface area contributed by atoms with E-state index in [0.29, 0.717) is 4.58 Å². The Bertz CT molecular complexity index is 717. The summed E-state index contributed by atoms with van der Waals surface area (Å²) >= 11 is 3.97. The maximum absolute atomic E-state index is 12.4. The molecule has 6 heteroatoms. The quantitative estimate of drug-likeness (QED) is 0.711. The molecule has 2 N–H and O–H groups in total. The van der Waals surface area contributed by atoms with Gasteiger partial charge in [0.15, 0.2) is 6.61 Å². The first kappa shape index (κ1) is 20.1. The van der Waals surface area contributed by atoms with E-state index < -0.39 is 0 Å². The maximum Gasteiger partial charge on any atom is 0.258 e. The lowest BCUT2D eigenvalue weighted by atomic mass is 10.1. The van der Waals surface area contributed by atoms with E-state index in [1.807, 2.05) is 66.0 Å². The Morgan fingerprint density at radius 3 is 2.41 bits per heavy atom. The highest BCUT2D eigenvalue weighted by atomic mass is 32.2. The Balaban J connectivity index is 1.53. The van der Waals surface area contributed by atoms with Crippen molar-refractivity contribution >= 4 is 29.4 Å². The molecular weight excluding hydrogens is 376 g/mol. The number of hydrogen-bond donors (Lipinski definition) is 2. The zero-order chi connectivity index (χ0) is 19.1. The Morgan fingerprint density at radius 1 is 1.11 bits per heavy atom. The summed E-state index contributed by atoms with van der Waals surface area (Å²) < 4.78 is 6.22. The summed E-state index contributed by atoms with van der Waals surface area (Å²) in [5.74, 6) is 3.06. The fourth-order valence-corrected chi connectivity index (χ4v) is 5.86. The average molecular weight is 404 g/mol. The molecule has 2 aromatic rings. The van der Waals surface area contributed by atoms with E-state index in [4.69, 9.17) is 4.74 Å². The molecule has 3 rings (SSSR count). The van der Waals surface area contributed by atoms with Crippen molar-refractivity contribution in [1.29, 1.82) is 0 Å². The lowest BCUT2D eigenvalue weighted by Gasteiger charge is -2.21. The van der Waals surface area contributed by atoms with Gasteiger partial charge in [0.05, 0.1) is 18.7 Å². The van der Waals surface area contributed by atoms with Crippen LogP contribution < -0.4 is 15.0 Å². The van der Waals surface area contributed by atoms with Crippen LogP contribution in [0.1, 0.15) is 21.8 Å². The van der Waals surface area contributed by atoms with Crippen LogP contribution in [0.15, 0.2) is 54.6 Å². The lowest BCUT2D eigenvalue weighted by molar-refractivity contribution is -0.860. The van der Waals surface area contributed by atoms with Crippen LogP contribution in [0.5, 0.6) is 5.75 Å². The molecule has 0 aliphatic carbocycles. The topological polar surface area (TPSA) is 42.8 Å². The zero-order valence-electron chi connectivity index (χ0n) is 15.8. The number of amides is 1. The van der Waals surface area contributed by atoms with Crippen molar-refractivity contribution in [2.45, 2.75) is 10.6 Å². The lowest BCUT2D eigenvalue weighted by Crippen LogP contribution is -3.06. The molecule has 2 aromatic carbocycles. The highest BCUT2D eigenvalue weighted by molar-refractivity contribution is 8.19. The average Bonchev–Trinajstić information content (AvgIpc) is 3.21. The molecule has 27 heavy (non-hydrogen) atoms. The van der Waals surface area contributed by atoms with Crippen molar-refractivity contribution in [3.05, 3.63) is 65.7 Å². The first-order valence-corrected chi connectivity index (χ1v) is 11.3. The van der Waals surface area contributed by atoms with E-state index in [9.17, 15) is 4.79 Å². The molecule has 0 bridgehead atoms. The summed E-state index contributed by atoms with van der Waals surface area (Å²) in [4.78, 5) is 13.7. The van der Waals surface area contributed by atoms with Crippen LogP contribution in [0.25, 0.3) is 0 Å². The number of hydrogen-bond acceptors (Lipinski definition) is 4. The van der Waals surface area contributed by atoms with Gasteiger partial charge in [0.1, 0.15) is 18.3 Å². The first-order valence-electron chi connectivity index (χ1n) is 9.21. The van der Waals surface area contributed by atoms with Crippen LogP contribution in [0.3, 0.4) is 0 Å². The first-order chi connectivity index (χ1) is 13.1. The Hall–Kier alpha value is -1.63. The van der Waals surface area contributed by atoms with Gasteiger partial charge >= 0.3 is 0 Å². The molecule has 0 aromatic heterocycles. The van der Waals surface area contributed by atoms with Gasteiger partial charge in [-0.1, -0.05) is 42.5 Å².